The van der Waals surface area contributed by atoms with Crippen molar-refractivity contribution in [2.75, 3.05) is 19.7 Å². The number of carbonyl (C=O) groups excluding carboxylic acids is 1. The van der Waals surface area contributed by atoms with Gasteiger partial charge in [-0.2, -0.15) is 0 Å². The molecule has 1 amide bonds. The van der Waals surface area contributed by atoms with Crippen molar-refractivity contribution in [1.29, 1.82) is 0 Å². The van der Waals surface area contributed by atoms with Crippen molar-refractivity contribution in [3.8, 4) is 0 Å². The molecule has 2 rings (SSSR count). The Kier molecular flexibility index (Phi) is 5.18. The summed E-state index contributed by atoms with van der Waals surface area (Å²) in [6.07, 6.45) is 4.25. The third kappa shape index (κ3) is 3.60. The van der Waals surface area contributed by atoms with Gasteiger partial charge in [-0.25, -0.2) is 0 Å². The highest BCUT2D eigenvalue weighted by Crippen LogP contribution is 2.34. The van der Waals surface area contributed by atoms with Crippen LogP contribution in [0.5, 0.6) is 0 Å². The first-order chi connectivity index (χ1) is 9.69. The molecule has 0 aliphatic carbocycles. The number of hydrogen-bond acceptors (Lipinski definition) is 2. The van der Waals surface area contributed by atoms with Gasteiger partial charge in [-0.15, -0.1) is 0 Å². The molecule has 0 radical (unpaired) electrons. The van der Waals surface area contributed by atoms with Gasteiger partial charge in [0.05, 0.1) is 0 Å². The van der Waals surface area contributed by atoms with E-state index in [0.29, 0.717) is 6.42 Å². The van der Waals surface area contributed by atoms with Crippen LogP contribution in [0.3, 0.4) is 0 Å². The summed E-state index contributed by atoms with van der Waals surface area (Å²) in [5.41, 5.74) is 1.27. The molecule has 1 aliphatic heterocycles. The lowest BCUT2D eigenvalue weighted by Crippen LogP contribution is -2.44. The summed E-state index contributed by atoms with van der Waals surface area (Å²) in [6.45, 7) is 3.96. The van der Waals surface area contributed by atoms with Crippen LogP contribution in [0.2, 0.25) is 0 Å². The van der Waals surface area contributed by atoms with Crippen molar-refractivity contribution >= 4 is 5.91 Å². The zero-order valence-electron chi connectivity index (χ0n) is 12.3. The van der Waals surface area contributed by atoms with Gasteiger partial charge in [0.25, 0.3) is 0 Å². The minimum atomic E-state index is 0.0518. The van der Waals surface area contributed by atoms with Crippen LogP contribution >= 0.6 is 0 Å². The molecule has 0 atom stereocenters. The van der Waals surface area contributed by atoms with E-state index in [-0.39, 0.29) is 17.9 Å². The van der Waals surface area contributed by atoms with Crippen LogP contribution in [0.25, 0.3) is 0 Å². The fourth-order valence-corrected chi connectivity index (χ4v) is 2.91. The van der Waals surface area contributed by atoms with Gasteiger partial charge >= 0.3 is 0 Å². The number of piperidine rings is 1. The Morgan fingerprint density at radius 3 is 2.45 bits per heavy atom. The summed E-state index contributed by atoms with van der Waals surface area (Å²) in [7, 11) is 0. The Labute approximate surface area is 121 Å². The molecule has 3 heteroatoms. The number of nitrogens with zero attached hydrogens (tertiary/aromatic N) is 1. The predicted molar refractivity (Wildman–Crippen MR) is 80.4 cm³/mol. The summed E-state index contributed by atoms with van der Waals surface area (Å²) < 4.78 is 0. The number of benzene rings is 1. The molecule has 0 aromatic heterocycles. The zero-order chi connectivity index (χ0) is 14.4. The number of aliphatic hydroxyl groups is 1. The highest BCUT2D eigenvalue weighted by Gasteiger charge is 2.33. The number of hydrogen-bond donors (Lipinski definition) is 1. The number of aliphatic hydroxyl groups excluding tert-OH is 1. The molecule has 0 bridgehead atoms. The van der Waals surface area contributed by atoms with Crippen LogP contribution in [-0.4, -0.2) is 35.6 Å². The van der Waals surface area contributed by atoms with E-state index in [1.54, 1.807) is 0 Å². The average Bonchev–Trinajstić information content (AvgIpc) is 2.53. The molecule has 0 spiro atoms. The Bertz CT molecular complexity index is 416. The molecule has 1 aliphatic rings. The molecule has 3 nitrogen and oxygen atoms in total. The van der Waals surface area contributed by atoms with E-state index in [9.17, 15) is 9.90 Å². The lowest BCUT2D eigenvalue weighted by atomic mass is 9.77. The predicted octanol–water partition coefficient (Wildman–Crippen LogP) is 2.63. The average molecular weight is 275 g/mol. The second-order valence-corrected chi connectivity index (χ2v) is 5.88. The highest BCUT2D eigenvalue weighted by molar-refractivity contribution is 5.76. The molecule has 0 saturated carbocycles. The monoisotopic (exact) mass is 275 g/mol. The van der Waals surface area contributed by atoms with Crippen molar-refractivity contribution in [2.45, 2.75) is 39.0 Å². The third-order valence-electron chi connectivity index (χ3n) is 4.73. The largest absolute Gasteiger partial charge is 0.396 e. The van der Waals surface area contributed by atoms with E-state index < -0.39 is 0 Å². The van der Waals surface area contributed by atoms with E-state index in [4.69, 9.17) is 0 Å². The van der Waals surface area contributed by atoms with E-state index in [0.717, 1.165) is 38.8 Å². The highest BCUT2D eigenvalue weighted by atomic mass is 16.3. The fraction of sp³-hybridized carbons (Fsp3) is 0.588. The van der Waals surface area contributed by atoms with Crippen molar-refractivity contribution < 1.29 is 9.90 Å². The van der Waals surface area contributed by atoms with Crippen molar-refractivity contribution in [3.05, 3.63) is 35.9 Å². The number of carbonyl (C=O) groups is 1. The zero-order valence-corrected chi connectivity index (χ0v) is 12.3. The van der Waals surface area contributed by atoms with Gasteiger partial charge in [0, 0.05) is 26.1 Å². The molecule has 20 heavy (non-hydrogen) atoms. The molecule has 110 valence electrons. The Balaban J connectivity index is 1.80. The Hall–Kier alpha value is -1.35. The summed E-state index contributed by atoms with van der Waals surface area (Å²) in [5.74, 6) is 0.247. The lowest BCUT2D eigenvalue weighted by Gasteiger charge is -2.40. The fourth-order valence-electron chi connectivity index (χ4n) is 2.91. The first-order valence-corrected chi connectivity index (χ1v) is 7.62. The van der Waals surface area contributed by atoms with Gasteiger partial charge in [-0.3, -0.25) is 4.79 Å². The van der Waals surface area contributed by atoms with Gasteiger partial charge in [0.15, 0.2) is 0 Å². The van der Waals surface area contributed by atoms with Crippen molar-refractivity contribution in [3.63, 3.8) is 0 Å². The van der Waals surface area contributed by atoms with Crippen LogP contribution in [0.4, 0.5) is 0 Å². The molecular weight excluding hydrogens is 250 g/mol. The molecule has 1 N–H and O–H groups in total. The third-order valence-corrected chi connectivity index (χ3v) is 4.73. The second-order valence-electron chi connectivity index (χ2n) is 5.88. The molecule has 1 saturated heterocycles. The number of aryl methyl sites for hydroxylation is 1. The molecule has 1 fully saturated rings. The summed E-state index contributed by atoms with van der Waals surface area (Å²) >= 11 is 0. The molecule has 1 heterocycles. The molecule has 1 aromatic rings. The number of likely N-dealkylation sites (tertiary alicyclic amines) is 1. The first-order valence-electron chi connectivity index (χ1n) is 7.62. The van der Waals surface area contributed by atoms with Gasteiger partial charge in [0.1, 0.15) is 0 Å². The maximum absolute atomic E-state index is 12.2. The smallest absolute Gasteiger partial charge is 0.222 e. The summed E-state index contributed by atoms with van der Waals surface area (Å²) in [5, 5.41) is 9.51. The maximum Gasteiger partial charge on any atom is 0.222 e. The van der Waals surface area contributed by atoms with Gasteiger partial charge < -0.3 is 10.0 Å². The Morgan fingerprint density at radius 2 is 1.90 bits per heavy atom. The minimum absolute atomic E-state index is 0.0518. The van der Waals surface area contributed by atoms with Crippen LogP contribution in [-0.2, 0) is 11.2 Å². The number of amides is 1. The first kappa shape index (κ1) is 15.0. The lowest BCUT2D eigenvalue weighted by molar-refractivity contribution is -0.134. The van der Waals surface area contributed by atoms with Crippen LogP contribution in [0, 0.1) is 5.41 Å². The normalized spacial score (nSPS) is 18.0. The number of rotatable bonds is 5. The molecule has 0 unspecified atom stereocenters. The van der Waals surface area contributed by atoms with Gasteiger partial charge in [-0.05, 0) is 36.7 Å². The van der Waals surface area contributed by atoms with Crippen molar-refractivity contribution in [2.24, 2.45) is 5.41 Å². The summed E-state index contributed by atoms with van der Waals surface area (Å²) in [6, 6.07) is 10.2. The topological polar surface area (TPSA) is 40.5 Å². The standard InChI is InChI=1S/C17H25NO2/c1-2-17(14-19)10-12-18(13-11-17)16(20)9-8-15-6-4-3-5-7-15/h3-7,19H,2,8-14H2,1H3. The van der Waals surface area contributed by atoms with Gasteiger partial charge in [0.2, 0.25) is 5.91 Å². The van der Waals surface area contributed by atoms with Crippen molar-refractivity contribution in [1.82, 2.24) is 4.90 Å². The Morgan fingerprint density at radius 1 is 1.25 bits per heavy atom. The van der Waals surface area contributed by atoms with Gasteiger partial charge in [-0.1, -0.05) is 37.3 Å². The van der Waals surface area contributed by atoms with E-state index in [1.165, 1.54) is 5.56 Å². The summed E-state index contributed by atoms with van der Waals surface area (Å²) in [4.78, 5) is 14.2. The van der Waals surface area contributed by atoms with Crippen LogP contribution < -0.4 is 0 Å². The quantitative estimate of drug-likeness (QED) is 0.897. The van der Waals surface area contributed by atoms with E-state index in [2.05, 4.69) is 19.1 Å². The molecular formula is C17H25NO2. The minimum Gasteiger partial charge on any atom is -0.396 e. The van der Waals surface area contributed by atoms with E-state index in [1.807, 2.05) is 23.1 Å². The van der Waals surface area contributed by atoms with E-state index >= 15 is 0 Å². The SMILES string of the molecule is CCC1(CO)CCN(C(=O)CCc2ccccc2)CC1. The maximum atomic E-state index is 12.2. The van der Waals surface area contributed by atoms with Crippen LogP contribution in [0.15, 0.2) is 30.3 Å². The van der Waals surface area contributed by atoms with Crippen LogP contribution in [0.1, 0.15) is 38.2 Å². The molecule has 1 aromatic carbocycles. The second kappa shape index (κ2) is 6.89.